The molecule has 1 fully saturated rings. The standard InChI is InChI=1S/C8H10Br2Cl2O2/c1-7(2)3(4(7)6(13)14)5(11)8(9,10)12/h3-5H,1-2H3,(H,13,14)/t3-,4-,5?/m1/s1. The highest BCUT2D eigenvalue weighted by atomic mass is 79.9. The highest BCUT2D eigenvalue weighted by Gasteiger charge is 2.67. The fraction of sp³-hybridized carbons (Fsp3) is 0.875. The molecule has 0 aromatic carbocycles. The van der Waals surface area contributed by atoms with E-state index in [9.17, 15) is 4.79 Å². The molecule has 3 atom stereocenters. The van der Waals surface area contributed by atoms with Crippen LogP contribution in [0.25, 0.3) is 0 Å². The highest BCUT2D eigenvalue weighted by Crippen LogP contribution is 2.64. The lowest BCUT2D eigenvalue weighted by atomic mass is 10.1. The number of halogens is 4. The van der Waals surface area contributed by atoms with Crippen LogP contribution < -0.4 is 0 Å². The summed E-state index contributed by atoms with van der Waals surface area (Å²) in [6.07, 6.45) is 0. The van der Waals surface area contributed by atoms with E-state index < -0.39 is 20.0 Å². The second kappa shape index (κ2) is 3.79. The molecular formula is C8H10Br2Cl2O2. The van der Waals surface area contributed by atoms with Gasteiger partial charge in [0.2, 0.25) is 0 Å². The number of hydrogen-bond acceptors (Lipinski definition) is 1. The van der Waals surface area contributed by atoms with Crippen molar-refractivity contribution in [3.63, 3.8) is 0 Å². The van der Waals surface area contributed by atoms with Crippen molar-refractivity contribution in [1.82, 2.24) is 0 Å². The number of aliphatic carboxylic acids is 1. The molecule has 14 heavy (non-hydrogen) atoms. The average molecular weight is 369 g/mol. The van der Waals surface area contributed by atoms with Gasteiger partial charge in [-0.2, -0.15) is 0 Å². The first-order chi connectivity index (χ1) is 6.10. The molecule has 0 amide bonds. The number of hydrogen-bond donors (Lipinski definition) is 1. The first kappa shape index (κ1) is 13.1. The molecule has 82 valence electrons. The van der Waals surface area contributed by atoms with Crippen molar-refractivity contribution in [2.45, 2.75) is 21.9 Å². The molecule has 0 aromatic heterocycles. The second-order valence-electron chi connectivity index (χ2n) is 4.11. The maximum atomic E-state index is 10.9. The normalized spacial score (nSPS) is 32.4. The van der Waals surface area contributed by atoms with E-state index in [4.69, 9.17) is 28.3 Å². The van der Waals surface area contributed by atoms with E-state index in [1.54, 1.807) is 0 Å². The quantitative estimate of drug-likeness (QED) is 0.772. The number of carbonyl (C=O) groups is 1. The van der Waals surface area contributed by atoms with Crippen LogP contribution in [0.5, 0.6) is 0 Å². The topological polar surface area (TPSA) is 37.3 Å². The van der Waals surface area contributed by atoms with Crippen LogP contribution in [0.3, 0.4) is 0 Å². The van der Waals surface area contributed by atoms with Gasteiger partial charge in [0, 0.05) is 0 Å². The third kappa shape index (κ3) is 2.23. The molecule has 1 rings (SSSR count). The summed E-state index contributed by atoms with van der Waals surface area (Å²) in [5, 5.41) is 8.47. The molecule has 0 saturated heterocycles. The van der Waals surface area contributed by atoms with Crippen molar-refractivity contribution in [2.24, 2.45) is 17.3 Å². The van der Waals surface area contributed by atoms with E-state index in [1.807, 2.05) is 13.8 Å². The minimum Gasteiger partial charge on any atom is -0.481 e. The number of alkyl halides is 4. The Hall–Kier alpha value is 1.01. The smallest absolute Gasteiger partial charge is 0.307 e. The summed E-state index contributed by atoms with van der Waals surface area (Å²) in [6, 6.07) is 0. The Kier molecular flexibility index (Phi) is 3.54. The molecule has 0 radical (unpaired) electrons. The summed E-state index contributed by atoms with van der Waals surface area (Å²) >= 11 is 18.4. The van der Waals surface area contributed by atoms with Gasteiger partial charge in [0.05, 0.1) is 11.3 Å². The molecule has 6 heteroatoms. The first-order valence-corrected chi connectivity index (χ1v) is 6.43. The molecule has 1 aliphatic rings. The molecule has 1 saturated carbocycles. The fourth-order valence-corrected chi connectivity index (χ4v) is 3.07. The third-order valence-corrected chi connectivity index (χ3v) is 5.26. The summed E-state index contributed by atoms with van der Waals surface area (Å²) in [5.41, 5.74) is -0.292. The zero-order valence-corrected chi connectivity index (χ0v) is 12.3. The molecule has 0 heterocycles. The summed E-state index contributed by atoms with van der Waals surface area (Å²) in [5.74, 6) is -1.36. The Morgan fingerprint density at radius 3 is 2.21 bits per heavy atom. The van der Waals surface area contributed by atoms with Crippen molar-refractivity contribution in [2.75, 3.05) is 0 Å². The second-order valence-corrected chi connectivity index (χ2v) is 9.65. The lowest BCUT2D eigenvalue weighted by Gasteiger charge is -2.19. The van der Waals surface area contributed by atoms with Crippen LogP contribution in [-0.4, -0.2) is 19.1 Å². The zero-order valence-electron chi connectivity index (χ0n) is 7.60. The summed E-state index contributed by atoms with van der Waals surface area (Å²) in [6.45, 7) is 3.77. The zero-order chi connectivity index (χ0) is 11.3. The van der Waals surface area contributed by atoms with Crippen LogP contribution in [0.2, 0.25) is 0 Å². The van der Waals surface area contributed by atoms with Gasteiger partial charge in [-0.25, -0.2) is 0 Å². The molecule has 0 bridgehead atoms. The molecule has 0 aliphatic heterocycles. The van der Waals surface area contributed by atoms with Crippen molar-refractivity contribution >= 4 is 61.0 Å². The maximum Gasteiger partial charge on any atom is 0.307 e. The average Bonchev–Trinajstić information content (AvgIpc) is 2.49. The van der Waals surface area contributed by atoms with Gasteiger partial charge in [0.15, 0.2) is 2.69 Å². The van der Waals surface area contributed by atoms with E-state index in [0.29, 0.717) is 0 Å². The van der Waals surface area contributed by atoms with E-state index >= 15 is 0 Å². The summed E-state index contributed by atoms with van der Waals surface area (Å²) in [7, 11) is 0. The lowest BCUT2D eigenvalue weighted by Crippen LogP contribution is -2.23. The van der Waals surface area contributed by atoms with Crippen LogP contribution >= 0.6 is 55.1 Å². The van der Waals surface area contributed by atoms with Gasteiger partial charge in [-0.1, -0.05) is 57.3 Å². The van der Waals surface area contributed by atoms with Gasteiger partial charge < -0.3 is 5.11 Å². The highest BCUT2D eigenvalue weighted by molar-refractivity contribution is 9.26. The Morgan fingerprint density at radius 1 is 1.57 bits per heavy atom. The summed E-state index contributed by atoms with van der Waals surface area (Å²) in [4.78, 5) is 10.9. The van der Waals surface area contributed by atoms with Gasteiger partial charge in [-0.3, -0.25) is 4.79 Å². The predicted molar refractivity (Wildman–Crippen MR) is 64.5 cm³/mol. The Balaban J connectivity index is 2.79. The van der Waals surface area contributed by atoms with Crippen LogP contribution in [0.1, 0.15) is 13.8 Å². The largest absolute Gasteiger partial charge is 0.481 e. The van der Waals surface area contributed by atoms with E-state index in [2.05, 4.69) is 31.9 Å². The van der Waals surface area contributed by atoms with E-state index in [0.717, 1.165) is 0 Å². The fourth-order valence-electron chi connectivity index (χ4n) is 1.90. The molecule has 1 N–H and O–H groups in total. The molecule has 2 nitrogen and oxygen atoms in total. The van der Waals surface area contributed by atoms with Crippen molar-refractivity contribution < 1.29 is 9.90 Å². The monoisotopic (exact) mass is 366 g/mol. The third-order valence-electron chi connectivity index (χ3n) is 2.80. The van der Waals surface area contributed by atoms with E-state index in [1.165, 1.54) is 0 Å². The minimum atomic E-state index is -0.937. The Morgan fingerprint density at radius 2 is 2.00 bits per heavy atom. The molecule has 0 aromatic rings. The van der Waals surface area contributed by atoms with Crippen molar-refractivity contribution in [3.05, 3.63) is 0 Å². The molecule has 1 unspecified atom stereocenters. The summed E-state index contributed by atoms with van der Waals surface area (Å²) < 4.78 is -0.937. The van der Waals surface area contributed by atoms with Gasteiger partial charge in [-0.05, 0) is 11.3 Å². The van der Waals surface area contributed by atoms with Crippen molar-refractivity contribution in [1.29, 1.82) is 0 Å². The molecule has 0 spiro atoms. The van der Waals surface area contributed by atoms with Crippen molar-refractivity contribution in [3.8, 4) is 0 Å². The van der Waals surface area contributed by atoms with Crippen LogP contribution in [-0.2, 0) is 4.79 Å². The van der Waals surface area contributed by atoms with Crippen LogP contribution in [0.4, 0.5) is 0 Å². The number of carboxylic acids is 1. The maximum absolute atomic E-state index is 10.9. The SMILES string of the molecule is CC1(C)[C@@H](C(=O)O)[C@@H]1C(Cl)C(Cl)(Br)Br. The lowest BCUT2D eigenvalue weighted by molar-refractivity contribution is -0.139. The van der Waals surface area contributed by atoms with E-state index in [-0.39, 0.29) is 11.3 Å². The van der Waals surface area contributed by atoms with Gasteiger partial charge in [-0.15, -0.1) is 11.6 Å². The molecule has 1 aliphatic carbocycles. The Bertz CT molecular complexity index is 263. The van der Waals surface area contributed by atoms with Crippen LogP contribution in [0, 0.1) is 17.3 Å². The predicted octanol–water partition coefficient (Wildman–Crippen LogP) is 3.63. The Labute approximate surface area is 110 Å². The number of carboxylic acid groups (broad SMARTS) is 1. The number of rotatable bonds is 3. The molecular weight excluding hydrogens is 359 g/mol. The van der Waals surface area contributed by atoms with Gasteiger partial charge in [0.1, 0.15) is 0 Å². The van der Waals surface area contributed by atoms with Gasteiger partial charge in [0.25, 0.3) is 0 Å². The van der Waals surface area contributed by atoms with Crippen LogP contribution in [0.15, 0.2) is 0 Å². The minimum absolute atomic E-state index is 0.127. The van der Waals surface area contributed by atoms with Gasteiger partial charge >= 0.3 is 5.97 Å². The first-order valence-electron chi connectivity index (χ1n) is 4.03.